The lowest BCUT2D eigenvalue weighted by atomic mass is 9.54. The van der Waals surface area contributed by atoms with E-state index in [2.05, 4.69) is 9.55 Å². The van der Waals surface area contributed by atoms with Crippen LogP contribution in [-0.4, -0.2) is 9.55 Å². The quantitative estimate of drug-likeness (QED) is 0.772. The van der Waals surface area contributed by atoms with Crippen molar-refractivity contribution in [2.24, 2.45) is 23.7 Å². The molecule has 5 rings (SSSR count). The molecule has 4 nitrogen and oxygen atoms in total. The first kappa shape index (κ1) is 11.2. The first-order valence-electron chi connectivity index (χ1n) is 7.22. The summed E-state index contributed by atoms with van der Waals surface area (Å²) in [4.78, 5) is 15.3. The molecule has 1 aromatic rings. The van der Waals surface area contributed by atoms with Gasteiger partial charge in [0.25, 0.3) is 5.56 Å². The van der Waals surface area contributed by atoms with Crippen LogP contribution in [0.1, 0.15) is 43.7 Å². The van der Waals surface area contributed by atoms with Crippen molar-refractivity contribution in [1.29, 1.82) is 5.26 Å². The summed E-state index contributed by atoms with van der Waals surface area (Å²) in [6.07, 6.45) is 10.1. The second-order valence-electron chi connectivity index (χ2n) is 6.57. The van der Waals surface area contributed by atoms with E-state index in [0.717, 1.165) is 23.7 Å². The van der Waals surface area contributed by atoms with E-state index < -0.39 is 5.56 Å². The Bertz CT molecular complexity index is 585. The summed E-state index contributed by atoms with van der Waals surface area (Å²) in [5.41, 5.74) is -0.223. The van der Waals surface area contributed by atoms with E-state index in [1.165, 1.54) is 32.1 Å². The molecule has 4 aliphatic rings. The predicted octanol–water partition coefficient (Wildman–Crippen LogP) is 2.11. The second-order valence-corrected chi connectivity index (χ2v) is 6.57. The van der Waals surface area contributed by atoms with Crippen molar-refractivity contribution in [2.75, 3.05) is 0 Å². The maximum Gasteiger partial charge on any atom is 0.290 e. The predicted molar refractivity (Wildman–Crippen MR) is 69.3 cm³/mol. The van der Waals surface area contributed by atoms with Gasteiger partial charge < -0.3 is 4.57 Å². The van der Waals surface area contributed by atoms with Crippen LogP contribution in [0.5, 0.6) is 0 Å². The van der Waals surface area contributed by atoms with Gasteiger partial charge in [-0.1, -0.05) is 0 Å². The Balaban J connectivity index is 1.73. The number of nitrogens with zero attached hydrogens (tertiary/aromatic N) is 3. The molecule has 0 aliphatic heterocycles. The normalized spacial score (nSPS) is 39.2. The van der Waals surface area contributed by atoms with Crippen LogP contribution in [0, 0.1) is 35.0 Å². The standard InChI is InChI=1S/C15H17N3O/c16-6-13-7-18(8-17-15(13)19)14-11-2-9-1-10(4-11)5-12(14)3-9/h7-12,14H,1-5H2. The molecule has 4 bridgehead atoms. The Morgan fingerprint density at radius 3 is 2.37 bits per heavy atom. The molecule has 0 N–H and O–H groups in total. The zero-order valence-corrected chi connectivity index (χ0v) is 10.8. The van der Waals surface area contributed by atoms with Gasteiger partial charge in [-0.25, -0.2) is 0 Å². The van der Waals surface area contributed by atoms with Crippen molar-refractivity contribution in [3.63, 3.8) is 0 Å². The fourth-order valence-corrected chi connectivity index (χ4v) is 5.05. The summed E-state index contributed by atoms with van der Waals surface area (Å²) >= 11 is 0. The van der Waals surface area contributed by atoms with E-state index in [4.69, 9.17) is 5.26 Å². The minimum atomic E-state index is -0.400. The molecule has 0 unspecified atom stereocenters. The number of nitriles is 1. The van der Waals surface area contributed by atoms with Crippen LogP contribution in [0.3, 0.4) is 0 Å². The van der Waals surface area contributed by atoms with Crippen LogP contribution >= 0.6 is 0 Å². The third kappa shape index (κ3) is 1.64. The van der Waals surface area contributed by atoms with E-state index in [-0.39, 0.29) is 5.56 Å². The van der Waals surface area contributed by atoms with E-state index in [0.29, 0.717) is 6.04 Å². The SMILES string of the molecule is N#Cc1cn(C2C3CC4CC(C3)CC2C4)cnc1=O. The lowest BCUT2D eigenvalue weighted by Gasteiger charge is -2.54. The molecule has 1 heterocycles. The molecule has 4 fully saturated rings. The highest BCUT2D eigenvalue weighted by Gasteiger charge is 2.48. The molecule has 4 aliphatic carbocycles. The monoisotopic (exact) mass is 255 g/mol. The van der Waals surface area contributed by atoms with Gasteiger partial charge in [0, 0.05) is 12.2 Å². The fourth-order valence-electron chi connectivity index (χ4n) is 5.05. The highest BCUT2D eigenvalue weighted by Crippen LogP contribution is 2.58. The zero-order valence-electron chi connectivity index (χ0n) is 10.8. The molecular formula is C15H17N3O. The number of hydrogen-bond donors (Lipinski definition) is 0. The third-order valence-corrected chi connectivity index (χ3v) is 5.46. The van der Waals surface area contributed by atoms with E-state index in [1.807, 2.05) is 6.07 Å². The lowest BCUT2D eigenvalue weighted by Crippen LogP contribution is -2.46. The Morgan fingerprint density at radius 1 is 1.16 bits per heavy atom. The summed E-state index contributed by atoms with van der Waals surface area (Å²) < 4.78 is 2.06. The van der Waals surface area contributed by atoms with Crippen molar-refractivity contribution < 1.29 is 0 Å². The summed E-state index contributed by atoms with van der Waals surface area (Å²) in [5, 5.41) is 8.99. The van der Waals surface area contributed by atoms with E-state index in [1.54, 1.807) is 12.5 Å². The van der Waals surface area contributed by atoms with Crippen LogP contribution in [0.2, 0.25) is 0 Å². The van der Waals surface area contributed by atoms with Crippen LogP contribution in [0.25, 0.3) is 0 Å². The van der Waals surface area contributed by atoms with Gasteiger partial charge in [-0.05, 0) is 55.8 Å². The average Bonchev–Trinajstić information content (AvgIpc) is 2.39. The highest BCUT2D eigenvalue weighted by molar-refractivity contribution is 5.22. The van der Waals surface area contributed by atoms with Gasteiger partial charge in [-0.2, -0.15) is 10.2 Å². The van der Waals surface area contributed by atoms with Gasteiger partial charge >= 0.3 is 0 Å². The highest BCUT2D eigenvalue weighted by atomic mass is 16.1. The molecule has 0 radical (unpaired) electrons. The number of hydrogen-bond acceptors (Lipinski definition) is 3. The van der Waals surface area contributed by atoms with Gasteiger partial charge in [-0.15, -0.1) is 0 Å². The minimum Gasteiger partial charge on any atom is -0.334 e. The Morgan fingerprint density at radius 2 is 1.79 bits per heavy atom. The molecule has 0 aromatic carbocycles. The molecule has 0 saturated heterocycles. The van der Waals surface area contributed by atoms with Gasteiger partial charge in [-0.3, -0.25) is 4.79 Å². The minimum absolute atomic E-state index is 0.177. The summed E-state index contributed by atoms with van der Waals surface area (Å²) in [7, 11) is 0. The maximum absolute atomic E-state index is 11.4. The Hall–Kier alpha value is -1.63. The lowest BCUT2D eigenvalue weighted by molar-refractivity contribution is -0.0297. The van der Waals surface area contributed by atoms with Crippen LogP contribution in [-0.2, 0) is 0 Å². The van der Waals surface area contributed by atoms with Crippen molar-refractivity contribution in [1.82, 2.24) is 9.55 Å². The Labute approximate surface area is 112 Å². The molecule has 4 heteroatoms. The molecule has 4 saturated carbocycles. The number of rotatable bonds is 1. The van der Waals surface area contributed by atoms with E-state index >= 15 is 0 Å². The molecule has 0 atom stereocenters. The van der Waals surface area contributed by atoms with Gasteiger partial charge in [0.05, 0.1) is 6.33 Å². The zero-order chi connectivity index (χ0) is 13.0. The molecule has 98 valence electrons. The first-order valence-corrected chi connectivity index (χ1v) is 7.22. The van der Waals surface area contributed by atoms with Gasteiger partial charge in [0.15, 0.2) is 0 Å². The van der Waals surface area contributed by atoms with Crippen molar-refractivity contribution in [2.45, 2.75) is 38.1 Å². The van der Waals surface area contributed by atoms with E-state index in [9.17, 15) is 4.79 Å². The largest absolute Gasteiger partial charge is 0.334 e. The van der Waals surface area contributed by atoms with Crippen molar-refractivity contribution in [3.8, 4) is 6.07 Å². The molecule has 0 spiro atoms. The average molecular weight is 255 g/mol. The fraction of sp³-hybridized carbons (Fsp3) is 0.667. The molecule has 1 aromatic heterocycles. The summed E-state index contributed by atoms with van der Waals surface area (Å²) in [6, 6.07) is 2.43. The van der Waals surface area contributed by atoms with Crippen molar-refractivity contribution in [3.05, 3.63) is 28.4 Å². The molecular weight excluding hydrogens is 238 g/mol. The second kappa shape index (κ2) is 3.93. The number of aromatic nitrogens is 2. The van der Waals surface area contributed by atoms with Crippen LogP contribution in [0.4, 0.5) is 0 Å². The first-order chi connectivity index (χ1) is 9.24. The smallest absolute Gasteiger partial charge is 0.290 e. The van der Waals surface area contributed by atoms with Gasteiger partial charge in [0.1, 0.15) is 11.6 Å². The van der Waals surface area contributed by atoms with Crippen molar-refractivity contribution >= 4 is 0 Å². The van der Waals surface area contributed by atoms with Gasteiger partial charge in [0.2, 0.25) is 0 Å². The summed E-state index contributed by atoms with van der Waals surface area (Å²) in [5.74, 6) is 3.32. The van der Waals surface area contributed by atoms with Crippen LogP contribution in [0.15, 0.2) is 17.3 Å². The van der Waals surface area contributed by atoms with Crippen LogP contribution < -0.4 is 5.56 Å². The summed E-state index contributed by atoms with van der Waals surface area (Å²) in [6.45, 7) is 0. The topological polar surface area (TPSA) is 58.7 Å². The third-order valence-electron chi connectivity index (χ3n) is 5.46. The molecule has 19 heavy (non-hydrogen) atoms. The molecule has 0 amide bonds. The Kier molecular flexibility index (Phi) is 2.32. The maximum atomic E-state index is 11.4.